The molecule has 0 saturated heterocycles. The number of hydrogen-bond donors (Lipinski definition) is 2. The molecule has 1 heterocycles. The normalized spacial score (nSPS) is 10.7. The van der Waals surface area contributed by atoms with Crippen LogP contribution in [0, 0.1) is 0 Å². The lowest BCUT2D eigenvalue weighted by Gasteiger charge is -2.12. The van der Waals surface area contributed by atoms with Gasteiger partial charge >= 0.3 is 5.63 Å². The number of aromatic hydroxyl groups is 2. The van der Waals surface area contributed by atoms with Gasteiger partial charge < -0.3 is 24.1 Å². The van der Waals surface area contributed by atoms with E-state index in [1.54, 1.807) is 12.1 Å². The van der Waals surface area contributed by atoms with Gasteiger partial charge in [-0.2, -0.15) is 0 Å². The van der Waals surface area contributed by atoms with Crippen LogP contribution in [0.5, 0.6) is 23.0 Å². The molecule has 0 amide bonds. The Labute approximate surface area is 131 Å². The number of phenols is 2. The van der Waals surface area contributed by atoms with E-state index in [-0.39, 0.29) is 28.4 Å². The molecule has 0 radical (unpaired) electrons. The lowest BCUT2D eigenvalue weighted by molar-refractivity contribution is 0.366. The molecule has 23 heavy (non-hydrogen) atoms. The van der Waals surface area contributed by atoms with E-state index in [2.05, 4.69) is 0 Å². The highest BCUT2D eigenvalue weighted by molar-refractivity contribution is 5.84. The van der Waals surface area contributed by atoms with Crippen molar-refractivity contribution in [3.63, 3.8) is 0 Å². The second kappa shape index (κ2) is 5.57. The van der Waals surface area contributed by atoms with Crippen molar-refractivity contribution in [2.75, 3.05) is 14.2 Å². The average molecular weight is 314 g/mol. The summed E-state index contributed by atoms with van der Waals surface area (Å²) >= 11 is 0. The zero-order valence-corrected chi connectivity index (χ0v) is 12.5. The predicted octanol–water partition coefficient (Wildman–Crippen LogP) is 2.89. The van der Waals surface area contributed by atoms with Crippen LogP contribution in [0.25, 0.3) is 22.1 Å². The maximum atomic E-state index is 12.3. The van der Waals surface area contributed by atoms with E-state index in [4.69, 9.17) is 13.9 Å². The van der Waals surface area contributed by atoms with Crippen LogP contribution in [-0.2, 0) is 0 Å². The van der Waals surface area contributed by atoms with Crippen molar-refractivity contribution >= 4 is 11.0 Å². The van der Waals surface area contributed by atoms with E-state index < -0.39 is 5.63 Å². The van der Waals surface area contributed by atoms with Gasteiger partial charge in [0.15, 0.2) is 11.5 Å². The summed E-state index contributed by atoms with van der Waals surface area (Å²) in [4.78, 5) is 12.3. The molecule has 0 aliphatic heterocycles. The summed E-state index contributed by atoms with van der Waals surface area (Å²) in [6.45, 7) is 0. The minimum atomic E-state index is -0.589. The van der Waals surface area contributed by atoms with E-state index >= 15 is 0 Å². The number of hydrogen-bond acceptors (Lipinski definition) is 6. The third-order valence-corrected chi connectivity index (χ3v) is 3.51. The van der Waals surface area contributed by atoms with Gasteiger partial charge in [-0.25, -0.2) is 4.79 Å². The first-order valence-electron chi connectivity index (χ1n) is 6.75. The quantitative estimate of drug-likeness (QED) is 0.723. The van der Waals surface area contributed by atoms with Gasteiger partial charge in [0.1, 0.15) is 17.1 Å². The summed E-state index contributed by atoms with van der Waals surface area (Å²) in [5.41, 5.74) is 0.391. The summed E-state index contributed by atoms with van der Waals surface area (Å²) in [5, 5.41) is 19.9. The molecule has 0 unspecified atom stereocenters. The van der Waals surface area contributed by atoms with Crippen molar-refractivity contribution in [3.8, 4) is 34.1 Å². The Kier molecular flexibility index (Phi) is 3.57. The van der Waals surface area contributed by atoms with Crippen LogP contribution in [0.1, 0.15) is 0 Å². The fourth-order valence-electron chi connectivity index (χ4n) is 2.38. The van der Waals surface area contributed by atoms with Crippen molar-refractivity contribution < 1.29 is 24.1 Å². The minimum Gasteiger partial charge on any atom is -0.508 e. The molecule has 0 atom stereocenters. The van der Waals surface area contributed by atoms with Crippen molar-refractivity contribution in [2.24, 2.45) is 0 Å². The number of rotatable bonds is 3. The molecular weight excluding hydrogens is 300 g/mol. The van der Waals surface area contributed by atoms with Gasteiger partial charge in [-0.1, -0.05) is 0 Å². The van der Waals surface area contributed by atoms with Crippen LogP contribution in [0.2, 0.25) is 0 Å². The Morgan fingerprint density at radius 3 is 2.35 bits per heavy atom. The Morgan fingerprint density at radius 2 is 1.65 bits per heavy atom. The fourth-order valence-corrected chi connectivity index (χ4v) is 2.38. The number of ether oxygens (including phenoxy) is 2. The Balaban J connectivity index is 2.29. The van der Waals surface area contributed by atoms with Crippen molar-refractivity contribution in [1.82, 2.24) is 0 Å². The zero-order valence-electron chi connectivity index (χ0n) is 12.5. The second-order valence-electron chi connectivity index (χ2n) is 4.89. The topological polar surface area (TPSA) is 89.1 Å². The summed E-state index contributed by atoms with van der Waals surface area (Å²) in [6, 6.07) is 9.02. The maximum Gasteiger partial charge on any atom is 0.344 e. The Bertz CT molecular complexity index is 942. The average Bonchev–Trinajstić information content (AvgIpc) is 2.54. The van der Waals surface area contributed by atoms with Gasteiger partial charge in [0.2, 0.25) is 0 Å². The molecule has 2 N–H and O–H groups in total. The molecule has 1 aromatic heterocycles. The van der Waals surface area contributed by atoms with E-state index in [1.807, 2.05) is 0 Å². The molecule has 2 aromatic carbocycles. The number of fused-ring (bicyclic) bond motifs is 1. The third-order valence-electron chi connectivity index (χ3n) is 3.51. The Morgan fingerprint density at radius 1 is 0.913 bits per heavy atom. The molecule has 3 aromatic rings. The number of benzene rings is 2. The summed E-state index contributed by atoms with van der Waals surface area (Å²) in [5.74, 6) is 0.445. The molecule has 3 rings (SSSR count). The molecular formula is C17H14O6. The predicted molar refractivity (Wildman–Crippen MR) is 84.4 cm³/mol. The lowest BCUT2D eigenvalue weighted by Crippen LogP contribution is -2.04. The molecule has 0 aliphatic carbocycles. The monoisotopic (exact) mass is 314 g/mol. The molecule has 6 nitrogen and oxygen atoms in total. The second-order valence-corrected chi connectivity index (χ2v) is 4.89. The molecule has 0 spiro atoms. The van der Waals surface area contributed by atoms with E-state index in [1.165, 1.54) is 38.5 Å². The lowest BCUT2D eigenvalue weighted by atomic mass is 10.0. The first kappa shape index (κ1) is 14.8. The fraction of sp³-hybridized carbons (Fsp3) is 0.118. The van der Waals surface area contributed by atoms with Gasteiger partial charge in [0.05, 0.1) is 19.8 Å². The van der Waals surface area contributed by atoms with E-state index in [0.717, 1.165) is 0 Å². The highest BCUT2D eigenvalue weighted by Gasteiger charge is 2.16. The first-order chi connectivity index (χ1) is 11.0. The summed E-state index contributed by atoms with van der Waals surface area (Å²) in [6.07, 6.45) is 0. The molecule has 0 aliphatic rings. The van der Waals surface area contributed by atoms with Gasteiger partial charge in [-0.3, -0.25) is 0 Å². The van der Waals surface area contributed by atoms with Crippen molar-refractivity contribution in [2.45, 2.75) is 0 Å². The number of phenolic OH excluding ortho intramolecular Hbond substituents is 2. The number of methoxy groups -OCH3 is 2. The highest BCUT2D eigenvalue weighted by atomic mass is 16.5. The molecule has 118 valence electrons. The van der Waals surface area contributed by atoms with Crippen LogP contribution in [-0.4, -0.2) is 24.4 Å². The van der Waals surface area contributed by atoms with E-state index in [0.29, 0.717) is 16.7 Å². The Hall–Kier alpha value is -3.15. The summed E-state index contributed by atoms with van der Waals surface area (Å²) in [7, 11) is 2.85. The van der Waals surface area contributed by atoms with Crippen LogP contribution in [0.15, 0.2) is 45.6 Å². The first-order valence-corrected chi connectivity index (χ1v) is 6.75. The largest absolute Gasteiger partial charge is 0.508 e. The van der Waals surface area contributed by atoms with Crippen molar-refractivity contribution in [1.29, 1.82) is 0 Å². The van der Waals surface area contributed by atoms with Crippen molar-refractivity contribution in [3.05, 3.63) is 46.8 Å². The zero-order chi connectivity index (χ0) is 16.6. The SMILES string of the molecule is COc1cc(-c2cc3ccc(O)cc3oc2=O)c(OC)cc1O. The molecule has 0 saturated carbocycles. The van der Waals surface area contributed by atoms with Gasteiger partial charge in [-0.15, -0.1) is 0 Å². The van der Waals surface area contributed by atoms with Crippen LogP contribution >= 0.6 is 0 Å². The van der Waals surface area contributed by atoms with Gasteiger partial charge in [0, 0.05) is 23.1 Å². The summed E-state index contributed by atoms with van der Waals surface area (Å²) < 4.78 is 15.6. The minimum absolute atomic E-state index is 0.0114. The van der Waals surface area contributed by atoms with Crippen LogP contribution < -0.4 is 15.1 Å². The smallest absolute Gasteiger partial charge is 0.344 e. The highest BCUT2D eigenvalue weighted by Crippen LogP contribution is 2.39. The van der Waals surface area contributed by atoms with Crippen LogP contribution in [0.4, 0.5) is 0 Å². The standard InChI is InChI=1S/C17H14O6/c1-21-15-8-13(19)16(22-2)7-11(15)12-5-9-3-4-10(18)6-14(9)23-17(12)20/h3-8,18-19H,1-2H3. The van der Waals surface area contributed by atoms with Gasteiger partial charge in [0.25, 0.3) is 0 Å². The molecule has 0 bridgehead atoms. The van der Waals surface area contributed by atoms with Gasteiger partial charge in [-0.05, 0) is 24.3 Å². The third kappa shape index (κ3) is 2.55. The maximum absolute atomic E-state index is 12.3. The van der Waals surface area contributed by atoms with E-state index in [9.17, 15) is 15.0 Å². The molecule has 6 heteroatoms. The van der Waals surface area contributed by atoms with Crippen LogP contribution in [0.3, 0.4) is 0 Å². The molecule has 0 fully saturated rings.